The van der Waals surface area contributed by atoms with Crippen molar-refractivity contribution >= 4 is 34.0 Å². The van der Waals surface area contributed by atoms with Crippen molar-refractivity contribution in [1.82, 2.24) is 20.2 Å². The van der Waals surface area contributed by atoms with Crippen molar-refractivity contribution in [2.75, 3.05) is 10.6 Å². The van der Waals surface area contributed by atoms with Crippen molar-refractivity contribution in [3.63, 3.8) is 0 Å². The van der Waals surface area contributed by atoms with Gasteiger partial charge in [0.25, 0.3) is 0 Å². The second-order valence-electron chi connectivity index (χ2n) is 5.85. The van der Waals surface area contributed by atoms with Crippen LogP contribution in [0.3, 0.4) is 0 Å². The zero-order valence-electron chi connectivity index (χ0n) is 14.3. The van der Waals surface area contributed by atoms with E-state index in [0.717, 1.165) is 28.7 Å². The third kappa shape index (κ3) is 3.44. The van der Waals surface area contributed by atoms with Crippen LogP contribution in [0.5, 0.6) is 0 Å². The highest BCUT2D eigenvalue weighted by Gasteiger charge is 2.05. The first-order valence-corrected chi connectivity index (χ1v) is 8.48. The third-order valence-corrected chi connectivity index (χ3v) is 4.07. The van der Waals surface area contributed by atoms with E-state index >= 15 is 0 Å². The molecule has 0 unspecified atom stereocenters. The lowest BCUT2D eigenvalue weighted by Crippen LogP contribution is -2.03. The van der Waals surface area contributed by atoms with Gasteiger partial charge in [-0.05, 0) is 36.2 Å². The molecule has 6 nitrogen and oxygen atoms in total. The summed E-state index contributed by atoms with van der Waals surface area (Å²) in [7, 11) is 0. The fourth-order valence-corrected chi connectivity index (χ4v) is 2.71. The standard InChI is InChI=1S/C20H18N6/c1-2-14-8-10-16(11-9-14)23-20-25-18(13-22-26-20)24-17-7-3-5-15-6-4-12-21-19(15)17/h3-13H,2H2,1H3,(H2,23,24,25,26). The zero-order valence-corrected chi connectivity index (χ0v) is 14.3. The van der Waals surface area contributed by atoms with E-state index in [1.807, 2.05) is 42.5 Å². The van der Waals surface area contributed by atoms with Gasteiger partial charge >= 0.3 is 0 Å². The Morgan fingerprint density at radius 1 is 0.923 bits per heavy atom. The molecule has 0 saturated carbocycles. The highest BCUT2D eigenvalue weighted by Crippen LogP contribution is 2.24. The van der Waals surface area contributed by atoms with Gasteiger partial charge in [0.15, 0.2) is 5.82 Å². The monoisotopic (exact) mass is 342 g/mol. The van der Waals surface area contributed by atoms with Gasteiger partial charge in [-0.3, -0.25) is 4.98 Å². The summed E-state index contributed by atoms with van der Waals surface area (Å²) in [6.45, 7) is 2.13. The Morgan fingerprint density at radius 3 is 2.62 bits per heavy atom. The van der Waals surface area contributed by atoms with E-state index in [1.165, 1.54) is 5.56 Å². The fraction of sp³-hybridized carbons (Fsp3) is 0.100. The van der Waals surface area contributed by atoms with Gasteiger partial charge < -0.3 is 10.6 Å². The topological polar surface area (TPSA) is 75.6 Å². The minimum atomic E-state index is 0.437. The van der Waals surface area contributed by atoms with Crippen LogP contribution >= 0.6 is 0 Å². The lowest BCUT2D eigenvalue weighted by Gasteiger charge is -2.09. The molecular weight excluding hydrogens is 324 g/mol. The molecule has 0 aliphatic rings. The van der Waals surface area contributed by atoms with Crippen molar-refractivity contribution in [1.29, 1.82) is 0 Å². The van der Waals surface area contributed by atoms with Gasteiger partial charge in [-0.1, -0.05) is 37.3 Å². The maximum Gasteiger partial charge on any atom is 0.249 e. The van der Waals surface area contributed by atoms with Gasteiger partial charge in [-0.2, -0.15) is 10.1 Å². The molecule has 2 aromatic heterocycles. The van der Waals surface area contributed by atoms with Crippen molar-refractivity contribution < 1.29 is 0 Å². The van der Waals surface area contributed by atoms with E-state index in [4.69, 9.17) is 0 Å². The van der Waals surface area contributed by atoms with Crippen molar-refractivity contribution in [3.05, 3.63) is 72.6 Å². The van der Waals surface area contributed by atoms with Crippen molar-refractivity contribution in [2.45, 2.75) is 13.3 Å². The van der Waals surface area contributed by atoms with Crippen LogP contribution in [-0.2, 0) is 6.42 Å². The van der Waals surface area contributed by atoms with Gasteiger partial charge in [0.1, 0.15) is 0 Å². The molecule has 0 fully saturated rings. The van der Waals surface area contributed by atoms with Gasteiger partial charge in [0.05, 0.1) is 17.4 Å². The maximum absolute atomic E-state index is 4.49. The van der Waals surface area contributed by atoms with Crippen LogP contribution in [0.15, 0.2) is 67.0 Å². The normalized spacial score (nSPS) is 10.7. The number of aromatic nitrogens is 4. The predicted octanol–water partition coefficient (Wildman–Crippen LogP) is 4.47. The maximum atomic E-state index is 4.49. The summed E-state index contributed by atoms with van der Waals surface area (Å²) in [4.78, 5) is 8.93. The molecule has 0 aliphatic heterocycles. The lowest BCUT2D eigenvalue weighted by molar-refractivity contribution is 0.982. The number of para-hydroxylation sites is 1. The number of pyridine rings is 1. The second-order valence-corrected chi connectivity index (χ2v) is 5.85. The minimum absolute atomic E-state index is 0.437. The smallest absolute Gasteiger partial charge is 0.249 e. The first-order valence-electron chi connectivity index (χ1n) is 8.48. The molecule has 2 heterocycles. The molecule has 4 rings (SSSR count). The summed E-state index contributed by atoms with van der Waals surface area (Å²) in [5, 5.41) is 15.6. The average molecular weight is 342 g/mol. The molecule has 0 spiro atoms. The second kappa shape index (κ2) is 7.14. The summed E-state index contributed by atoms with van der Waals surface area (Å²) in [6, 6.07) is 18.1. The number of benzene rings is 2. The number of aryl methyl sites for hydroxylation is 1. The predicted molar refractivity (Wildman–Crippen MR) is 104 cm³/mol. The molecule has 6 heteroatoms. The van der Waals surface area contributed by atoms with E-state index in [2.05, 4.69) is 49.9 Å². The first kappa shape index (κ1) is 16.0. The summed E-state index contributed by atoms with van der Waals surface area (Å²) < 4.78 is 0. The zero-order chi connectivity index (χ0) is 17.8. The summed E-state index contributed by atoms with van der Waals surface area (Å²) in [5.74, 6) is 1.04. The van der Waals surface area contributed by atoms with Gasteiger partial charge in [-0.15, -0.1) is 5.10 Å². The molecule has 4 aromatic rings. The van der Waals surface area contributed by atoms with E-state index in [-0.39, 0.29) is 0 Å². The van der Waals surface area contributed by atoms with Crippen LogP contribution in [-0.4, -0.2) is 20.2 Å². The van der Waals surface area contributed by atoms with Crippen LogP contribution in [0.2, 0.25) is 0 Å². The van der Waals surface area contributed by atoms with Crippen LogP contribution in [0, 0.1) is 0 Å². The number of rotatable bonds is 5. The SMILES string of the molecule is CCc1ccc(Nc2nncc(Nc3cccc4cccnc34)n2)cc1. The molecule has 0 bridgehead atoms. The highest BCUT2D eigenvalue weighted by atomic mass is 15.3. The van der Waals surface area contributed by atoms with Crippen LogP contribution < -0.4 is 10.6 Å². The fourth-order valence-electron chi connectivity index (χ4n) is 2.71. The summed E-state index contributed by atoms with van der Waals surface area (Å²) >= 11 is 0. The van der Waals surface area contributed by atoms with Crippen molar-refractivity contribution in [3.8, 4) is 0 Å². The number of hydrogen-bond donors (Lipinski definition) is 2. The van der Waals surface area contributed by atoms with Crippen LogP contribution in [0.25, 0.3) is 10.9 Å². The third-order valence-electron chi connectivity index (χ3n) is 4.07. The van der Waals surface area contributed by atoms with Crippen molar-refractivity contribution in [2.24, 2.45) is 0 Å². The molecule has 0 aliphatic carbocycles. The number of nitrogens with zero attached hydrogens (tertiary/aromatic N) is 4. The molecule has 2 N–H and O–H groups in total. The number of fused-ring (bicyclic) bond motifs is 1. The first-order chi connectivity index (χ1) is 12.8. The van der Waals surface area contributed by atoms with E-state index in [0.29, 0.717) is 11.8 Å². The van der Waals surface area contributed by atoms with E-state index in [1.54, 1.807) is 12.4 Å². The quantitative estimate of drug-likeness (QED) is 0.557. The molecule has 26 heavy (non-hydrogen) atoms. The summed E-state index contributed by atoms with van der Waals surface area (Å²) in [6.07, 6.45) is 4.38. The number of anilines is 4. The van der Waals surface area contributed by atoms with E-state index < -0.39 is 0 Å². The molecule has 0 atom stereocenters. The Bertz CT molecular complexity index is 1020. The summed E-state index contributed by atoms with van der Waals surface area (Å²) in [5.41, 5.74) is 3.97. The van der Waals surface area contributed by atoms with Gasteiger partial charge in [0.2, 0.25) is 5.95 Å². The van der Waals surface area contributed by atoms with Crippen LogP contribution in [0.4, 0.5) is 23.1 Å². The van der Waals surface area contributed by atoms with Gasteiger partial charge in [0, 0.05) is 17.3 Å². The molecule has 128 valence electrons. The van der Waals surface area contributed by atoms with Crippen LogP contribution in [0.1, 0.15) is 12.5 Å². The molecule has 0 amide bonds. The average Bonchev–Trinajstić information content (AvgIpc) is 2.69. The Kier molecular flexibility index (Phi) is 4.38. The highest BCUT2D eigenvalue weighted by molar-refractivity contribution is 5.91. The molecular formula is C20H18N6. The molecule has 0 radical (unpaired) electrons. The molecule has 2 aromatic carbocycles. The Hall–Kier alpha value is -3.54. The minimum Gasteiger partial charge on any atom is -0.337 e. The Balaban J connectivity index is 1.57. The largest absolute Gasteiger partial charge is 0.337 e. The number of nitrogens with one attached hydrogen (secondary N) is 2. The van der Waals surface area contributed by atoms with Gasteiger partial charge in [-0.25, -0.2) is 0 Å². The molecule has 0 saturated heterocycles. The van der Waals surface area contributed by atoms with E-state index in [9.17, 15) is 0 Å². The number of hydrogen-bond acceptors (Lipinski definition) is 6. The lowest BCUT2D eigenvalue weighted by atomic mass is 10.1. The Morgan fingerprint density at radius 2 is 1.77 bits per heavy atom. The Labute approximate surface area is 151 Å².